The molecule has 92 valence electrons. The van der Waals surface area contributed by atoms with E-state index in [-0.39, 0.29) is 24.1 Å². The van der Waals surface area contributed by atoms with Gasteiger partial charge in [-0.05, 0) is 30.9 Å². The fourth-order valence-corrected chi connectivity index (χ4v) is 1.89. The molecular weight excluding hydrogens is 202 g/mol. The smallest absolute Gasteiger partial charge is 0.120 e. The van der Waals surface area contributed by atoms with E-state index in [1.54, 1.807) is 6.26 Å². The Morgan fingerprint density at radius 2 is 2.12 bits per heavy atom. The Bertz CT molecular complexity index is 287. The quantitative estimate of drug-likeness (QED) is 0.810. The van der Waals surface area contributed by atoms with E-state index in [0.717, 1.165) is 12.2 Å². The molecule has 0 aromatic carbocycles. The van der Waals surface area contributed by atoms with Crippen LogP contribution in [0.1, 0.15) is 45.9 Å². The summed E-state index contributed by atoms with van der Waals surface area (Å²) in [7, 11) is 0. The Labute approximate surface area is 97.9 Å². The lowest BCUT2D eigenvalue weighted by Crippen LogP contribution is -2.37. The van der Waals surface area contributed by atoms with Gasteiger partial charge in [0.05, 0.1) is 18.9 Å². The van der Waals surface area contributed by atoms with Crippen molar-refractivity contribution in [1.82, 2.24) is 5.32 Å². The van der Waals surface area contributed by atoms with Crippen molar-refractivity contribution in [1.29, 1.82) is 0 Å². The summed E-state index contributed by atoms with van der Waals surface area (Å²) in [5.74, 6) is 0.910. The van der Waals surface area contributed by atoms with Crippen LogP contribution in [-0.2, 0) is 0 Å². The number of hydrogen-bond acceptors (Lipinski definition) is 3. The van der Waals surface area contributed by atoms with Crippen LogP contribution in [0.3, 0.4) is 0 Å². The molecule has 0 spiro atoms. The summed E-state index contributed by atoms with van der Waals surface area (Å²) in [6, 6.07) is 4.07. The third kappa shape index (κ3) is 4.37. The molecule has 0 aliphatic heterocycles. The van der Waals surface area contributed by atoms with Gasteiger partial charge in [-0.25, -0.2) is 0 Å². The first-order valence-corrected chi connectivity index (χ1v) is 5.82. The second kappa shape index (κ2) is 5.51. The molecule has 1 aromatic rings. The van der Waals surface area contributed by atoms with Gasteiger partial charge in [0.15, 0.2) is 0 Å². The molecule has 2 N–H and O–H groups in total. The summed E-state index contributed by atoms with van der Waals surface area (Å²) >= 11 is 0. The third-order valence-corrected chi connectivity index (χ3v) is 2.53. The number of furan rings is 1. The molecule has 1 heterocycles. The summed E-state index contributed by atoms with van der Waals surface area (Å²) in [6.07, 6.45) is 2.61. The van der Waals surface area contributed by atoms with Crippen molar-refractivity contribution < 1.29 is 9.52 Å². The van der Waals surface area contributed by atoms with E-state index in [2.05, 4.69) is 26.1 Å². The third-order valence-electron chi connectivity index (χ3n) is 2.53. The van der Waals surface area contributed by atoms with Crippen LogP contribution in [-0.4, -0.2) is 17.8 Å². The lowest BCUT2D eigenvalue weighted by atomic mass is 9.88. The molecule has 3 heteroatoms. The van der Waals surface area contributed by atoms with E-state index in [4.69, 9.17) is 4.42 Å². The van der Waals surface area contributed by atoms with Gasteiger partial charge in [0.25, 0.3) is 0 Å². The molecule has 2 atom stereocenters. The number of nitrogens with one attached hydrogen (secondary N) is 1. The monoisotopic (exact) mass is 225 g/mol. The summed E-state index contributed by atoms with van der Waals surface area (Å²) < 4.78 is 5.33. The molecule has 0 saturated carbocycles. The van der Waals surface area contributed by atoms with Crippen molar-refractivity contribution in [3.8, 4) is 0 Å². The molecule has 3 nitrogen and oxygen atoms in total. The molecule has 16 heavy (non-hydrogen) atoms. The van der Waals surface area contributed by atoms with Gasteiger partial charge >= 0.3 is 0 Å². The summed E-state index contributed by atoms with van der Waals surface area (Å²) in [5.41, 5.74) is 0.212. The largest absolute Gasteiger partial charge is 0.468 e. The van der Waals surface area contributed by atoms with Crippen molar-refractivity contribution >= 4 is 0 Å². The maximum atomic E-state index is 9.34. The SMILES string of the molecule is C[C@H](N[C@@H](CO)CC(C)(C)C)c1ccco1. The Balaban J connectivity index is 2.50. The van der Waals surface area contributed by atoms with E-state index in [1.807, 2.05) is 19.1 Å². The summed E-state index contributed by atoms with van der Waals surface area (Å²) in [4.78, 5) is 0. The van der Waals surface area contributed by atoms with Crippen molar-refractivity contribution in [2.45, 2.75) is 46.2 Å². The zero-order valence-corrected chi connectivity index (χ0v) is 10.7. The average Bonchev–Trinajstić information content (AvgIpc) is 2.67. The van der Waals surface area contributed by atoms with Crippen LogP contribution in [0.4, 0.5) is 0 Å². The molecule has 0 unspecified atom stereocenters. The summed E-state index contributed by atoms with van der Waals surface area (Å²) in [6.45, 7) is 8.73. The van der Waals surface area contributed by atoms with Gasteiger partial charge < -0.3 is 14.8 Å². The maximum absolute atomic E-state index is 9.34. The van der Waals surface area contributed by atoms with E-state index in [1.165, 1.54) is 0 Å². The number of rotatable bonds is 5. The maximum Gasteiger partial charge on any atom is 0.120 e. The molecule has 1 aromatic heterocycles. The van der Waals surface area contributed by atoms with E-state index in [9.17, 15) is 5.11 Å². The Morgan fingerprint density at radius 3 is 2.56 bits per heavy atom. The van der Waals surface area contributed by atoms with Crippen LogP contribution in [0.25, 0.3) is 0 Å². The molecule has 0 amide bonds. The molecular formula is C13H23NO2. The lowest BCUT2D eigenvalue weighted by molar-refractivity contribution is 0.186. The highest BCUT2D eigenvalue weighted by Gasteiger charge is 2.20. The van der Waals surface area contributed by atoms with E-state index >= 15 is 0 Å². The average molecular weight is 225 g/mol. The van der Waals surface area contributed by atoms with Crippen molar-refractivity contribution in [2.75, 3.05) is 6.61 Å². The number of aliphatic hydroxyl groups is 1. The standard InChI is InChI=1S/C13H23NO2/c1-10(12-6-5-7-16-12)14-11(9-15)8-13(2,3)4/h5-7,10-11,14-15H,8-9H2,1-4H3/t10-,11+/m0/s1. The van der Waals surface area contributed by atoms with E-state index in [0.29, 0.717) is 0 Å². The molecule has 0 aliphatic rings. The minimum atomic E-state index is 0.111. The molecule has 0 saturated heterocycles. The first kappa shape index (κ1) is 13.3. The van der Waals surface area contributed by atoms with Crippen LogP contribution in [0, 0.1) is 5.41 Å². The lowest BCUT2D eigenvalue weighted by Gasteiger charge is -2.27. The zero-order chi connectivity index (χ0) is 12.2. The van der Waals surface area contributed by atoms with E-state index < -0.39 is 0 Å². The fourth-order valence-electron chi connectivity index (χ4n) is 1.89. The fraction of sp³-hybridized carbons (Fsp3) is 0.692. The highest BCUT2D eigenvalue weighted by Crippen LogP contribution is 2.22. The van der Waals surface area contributed by atoms with Gasteiger partial charge in [-0.15, -0.1) is 0 Å². The first-order chi connectivity index (χ1) is 7.42. The Morgan fingerprint density at radius 1 is 1.44 bits per heavy atom. The van der Waals surface area contributed by atoms with Gasteiger partial charge in [0.2, 0.25) is 0 Å². The predicted molar refractivity (Wildman–Crippen MR) is 65.2 cm³/mol. The minimum Gasteiger partial charge on any atom is -0.468 e. The number of aliphatic hydroxyl groups excluding tert-OH is 1. The Hall–Kier alpha value is -0.800. The molecule has 1 rings (SSSR count). The van der Waals surface area contributed by atoms with Crippen LogP contribution in [0.2, 0.25) is 0 Å². The van der Waals surface area contributed by atoms with Crippen molar-refractivity contribution in [2.24, 2.45) is 5.41 Å². The highest BCUT2D eigenvalue weighted by molar-refractivity contribution is 5.03. The van der Waals surface area contributed by atoms with Crippen LogP contribution in [0.5, 0.6) is 0 Å². The van der Waals surface area contributed by atoms with Gasteiger partial charge in [0, 0.05) is 6.04 Å². The minimum absolute atomic E-state index is 0.111. The topological polar surface area (TPSA) is 45.4 Å². The van der Waals surface area contributed by atoms with Gasteiger partial charge in [0.1, 0.15) is 5.76 Å². The molecule has 0 aliphatic carbocycles. The van der Waals surface area contributed by atoms with Crippen LogP contribution < -0.4 is 5.32 Å². The first-order valence-electron chi connectivity index (χ1n) is 5.82. The second-order valence-electron chi connectivity index (χ2n) is 5.55. The molecule has 0 fully saturated rings. The molecule has 0 radical (unpaired) electrons. The Kier molecular flexibility index (Phi) is 4.56. The van der Waals surface area contributed by atoms with Gasteiger partial charge in [-0.1, -0.05) is 20.8 Å². The van der Waals surface area contributed by atoms with Crippen molar-refractivity contribution in [3.63, 3.8) is 0 Å². The number of hydrogen-bond donors (Lipinski definition) is 2. The second-order valence-corrected chi connectivity index (χ2v) is 5.55. The van der Waals surface area contributed by atoms with Crippen LogP contribution in [0.15, 0.2) is 22.8 Å². The summed E-state index contributed by atoms with van der Waals surface area (Å²) in [5, 5.41) is 12.7. The van der Waals surface area contributed by atoms with Gasteiger partial charge in [-0.3, -0.25) is 0 Å². The van der Waals surface area contributed by atoms with Crippen molar-refractivity contribution in [3.05, 3.63) is 24.2 Å². The van der Waals surface area contributed by atoms with Crippen LogP contribution >= 0.6 is 0 Å². The van der Waals surface area contributed by atoms with Gasteiger partial charge in [-0.2, -0.15) is 0 Å². The highest BCUT2D eigenvalue weighted by atomic mass is 16.3. The normalized spacial score (nSPS) is 16.1. The molecule has 0 bridgehead atoms. The zero-order valence-electron chi connectivity index (χ0n) is 10.7. The predicted octanol–water partition coefficient (Wildman–Crippen LogP) is 2.73.